The lowest BCUT2D eigenvalue weighted by Gasteiger charge is -2.05. The first kappa shape index (κ1) is 11.8. The molecule has 0 aliphatic carbocycles. The average Bonchev–Trinajstić information content (AvgIpc) is 2.46. The predicted molar refractivity (Wildman–Crippen MR) is 74.4 cm³/mol. The molecule has 4 heteroatoms. The van der Waals surface area contributed by atoms with Gasteiger partial charge in [-0.15, -0.1) is 0 Å². The Morgan fingerprint density at radius 2 is 2.00 bits per heavy atom. The summed E-state index contributed by atoms with van der Waals surface area (Å²) in [5.41, 5.74) is 1.14. The van der Waals surface area contributed by atoms with Crippen molar-refractivity contribution < 1.29 is 4.79 Å². The van der Waals surface area contributed by atoms with Gasteiger partial charge in [0.2, 0.25) is 0 Å². The molecule has 2 heterocycles. The van der Waals surface area contributed by atoms with Crippen LogP contribution in [0.3, 0.4) is 0 Å². The molecule has 2 aromatic heterocycles. The molecule has 92 valence electrons. The molecule has 0 bridgehead atoms. The Labute approximate surface area is 114 Å². The van der Waals surface area contributed by atoms with Crippen LogP contribution in [-0.2, 0) is 0 Å². The Hall–Kier alpha value is -2.26. The number of fused-ring (bicyclic) bond motifs is 1. The Bertz CT molecular complexity index is 765. The maximum absolute atomic E-state index is 12.5. The van der Waals surface area contributed by atoms with Crippen molar-refractivity contribution in [1.29, 1.82) is 0 Å². The predicted octanol–water partition coefficient (Wildman–Crippen LogP) is 3.51. The highest BCUT2D eigenvalue weighted by Gasteiger charge is 2.12. The monoisotopic (exact) mass is 268 g/mol. The Morgan fingerprint density at radius 3 is 2.84 bits per heavy atom. The van der Waals surface area contributed by atoms with Crippen molar-refractivity contribution in [1.82, 2.24) is 9.97 Å². The number of nitrogens with zero attached hydrogens (tertiary/aromatic N) is 2. The Kier molecular flexibility index (Phi) is 2.97. The van der Waals surface area contributed by atoms with Gasteiger partial charge in [0.05, 0.1) is 0 Å². The van der Waals surface area contributed by atoms with Crippen LogP contribution in [0.15, 0.2) is 55.0 Å². The summed E-state index contributed by atoms with van der Waals surface area (Å²) < 4.78 is 0. The highest BCUT2D eigenvalue weighted by atomic mass is 35.5. The van der Waals surface area contributed by atoms with Crippen LogP contribution in [0, 0.1) is 0 Å². The van der Waals surface area contributed by atoms with E-state index in [2.05, 4.69) is 9.97 Å². The number of rotatable bonds is 2. The SMILES string of the molecule is O=C(c1ccnc(Cl)c1)c1cccc2ccncc12. The van der Waals surface area contributed by atoms with Gasteiger partial charge in [-0.3, -0.25) is 9.78 Å². The second kappa shape index (κ2) is 4.78. The van der Waals surface area contributed by atoms with E-state index in [4.69, 9.17) is 11.6 Å². The molecule has 3 aromatic rings. The fraction of sp³-hybridized carbons (Fsp3) is 0. The summed E-state index contributed by atoms with van der Waals surface area (Å²) in [7, 11) is 0. The maximum atomic E-state index is 12.5. The second-order valence-electron chi connectivity index (χ2n) is 4.10. The smallest absolute Gasteiger partial charge is 0.193 e. The van der Waals surface area contributed by atoms with Gasteiger partial charge in [0.15, 0.2) is 5.78 Å². The molecule has 1 aromatic carbocycles. The molecule has 0 N–H and O–H groups in total. The van der Waals surface area contributed by atoms with Crippen LogP contribution in [0.4, 0.5) is 0 Å². The van der Waals surface area contributed by atoms with Gasteiger partial charge in [-0.1, -0.05) is 29.8 Å². The summed E-state index contributed by atoms with van der Waals surface area (Å²) in [4.78, 5) is 20.5. The van der Waals surface area contributed by atoms with Gasteiger partial charge in [-0.2, -0.15) is 0 Å². The second-order valence-corrected chi connectivity index (χ2v) is 4.49. The molecule has 0 spiro atoms. The van der Waals surface area contributed by atoms with E-state index in [0.29, 0.717) is 16.3 Å². The minimum atomic E-state index is -0.0806. The van der Waals surface area contributed by atoms with E-state index in [1.165, 1.54) is 6.20 Å². The first-order valence-corrected chi connectivity index (χ1v) is 6.12. The zero-order chi connectivity index (χ0) is 13.2. The Balaban J connectivity index is 2.17. The molecule has 0 saturated carbocycles. The van der Waals surface area contributed by atoms with Crippen LogP contribution >= 0.6 is 11.6 Å². The molecular formula is C15H9ClN2O. The summed E-state index contributed by atoms with van der Waals surface area (Å²) in [6.45, 7) is 0. The minimum absolute atomic E-state index is 0.0806. The molecule has 0 aliphatic rings. The number of carbonyl (C=O) groups is 1. The van der Waals surface area contributed by atoms with E-state index in [1.807, 2.05) is 18.2 Å². The lowest BCUT2D eigenvalue weighted by molar-refractivity contribution is 0.104. The van der Waals surface area contributed by atoms with Crippen molar-refractivity contribution in [2.75, 3.05) is 0 Å². The van der Waals surface area contributed by atoms with Crippen LogP contribution in [-0.4, -0.2) is 15.8 Å². The van der Waals surface area contributed by atoms with Crippen molar-refractivity contribution in [2.24, 2.45) is 0 Å². The largest absolute Gasteiger partial charge is 0.289 e. The zero-order valence-electron chi connectivity index (χ0n) is 9.88. The highest BCUT2D eigenvalue weighted by molar-refractivity contribution is 6.30. The number of hydrogen-bond donors (Lipinski definition) is 0. The summed E-state index contributed by atoms with van der Waals surface area (Å²) in [6, 6.07) is 10.7. The molecule has 0 unspecified atom stereocenters. The van der Waals surface area contributed by atoms with Crippen molar-refractivity contribution in [2.45, 2.75) is 0 Å². The molecule has 3 rings (SSSR count). The maximum Gasteiger partial charge on any atom is 0.193 e. The average molecular weight is 269 g/mol. The minimum Gasteiger partial charge on any atom is -0.289 e. The van der Waals surface area contributed by atoms with Crippen molar-refractivity contribution >= 4 is 28.2 Å². The van der Waals surface area contributed by atoms with E-state index in [1.54, 1.807) is 30.6 Å². The molecule has 0 fully saturated rings. The third-order valence-corrected chi connectivity index (χ3v) is 3.12. The fourth-order valence-electron chi connectivity index (χ4n) is 2.01. The number of benzene rings is 1. The summed E-state index contributed by atoms with van der Waals surface area (Å²) in [5, 5.41) is 2.13. The van der Waals surface area contributed by atoms with Crippen molar-refractivity contribution in [3.63, 3.8) is 0 Å². The lowest BCUT2D eigenvalue weighted by Crippen LogP contribution is -2.02. The van der Waals surface area contributed by atoms with E-state index in [9.17, 15) is 4.79 Å². The van der Waals surface area contributed by atoms with Crippen LogP contribution in [0.25, 0.3) is 10.8 Å². The van der Waals surface area contributed by atoms with Gasteiger partial charge in [0.25, 0.3) is 0 Å². The van der Waals surface area contributed by atoms with Crippen LogP contribution in [0.2, 0.25) is 5.15 Å². The molecular weight excluding hydrogens is 260 g/mol. The van der Waals surface area contributed by atoms with E-state index in [0.717, 1.165) is 10.8 Å². The zero-order valence-corrected chi connectivity index (χ0v) is 10.6. The summed E-state index contributed by atoms with van der Waals surface area (Å²) in [6.07, 6.45) is 4.93. The molecule has 0 radical (unpaired) electrons. The van der Waals surface area contributed by atoms with Crippen LogP contribution in [0.1, 0.15) is 15.9 Å². The van der Waals surface area contributed by atoms with E-state index in [-0.39, 0.29) is 5.78 Å². The number of carbonyl (C=O) groups excluding carboxylic acids is 1. The van der Waals surface area contributed by atoms with Gasteiger partial charge in [-0.05, 0) is 23.6 Å². The number of ketones is 1. The normalized spacial score (nSPS) is 10.6. The van der Waals surface area contributed by atoms with Gasteiger partial charge < -0.3 is 0 Å². The molecule has 3 nitrogen and oxygen atoms in total. The summed E-state index contributed by atoms with van der Waals surface area (Å²) in [5.74, 6) is -0.0806. The quantitative estimate of drug-likeness (QED) is 0.528. The van der Waals surface area contributed by atoms with Crippen LogP contribution in [0.5, 0.6) is 0 Å². The standard InChI is InChI=1S/C15H9ClN2O/c16-14-8-11(5-7-18-14)15(19)12-3-1-2-10-4-6-17-9-13(10)12/h1-9H. The lowest BCUT2D eigenvalue weighted by atomic mass is 9.99. The molecule has 0 saturated heterocycles. The first-order chi connectivity index (χ1) is 9.25. The number of hydrogen-bond acceptors (Lipinski definition) is 3. The van der Waals surface area contributed by atoms with E-state index >= 15 is 0 Å². The van der Waals surface area contributed by atoms with Gasteiger partial charge in [0, 0.05) is 35.1 Å². The van der Waals surface area contributed by atoms with Crippen LogP contribution < -0.4 is 0 Å². The molecule has 0 amide bonds. The Morgan fingerprint density at radius 1 is 1.11 bits per heavy atom. The molecule has 0 atom stereocenters. The van der Waals surface area contributed by atoms with Gasteiger partial charge >= 0.3 is 0 Å². The molecule has 19 heavy (non-hydrogen) atoms. The first-order valence-electron chi connectivity index (χ1n) is 5.75. The highest BCUT2D eigenvalue weighted by Crippen LogP contribution is 2.21. The molecule has 0 aliphatic heterocycles. The third kappa shape index (κ3) is 2.20. The van der Waals surface area contributed by atoms with Crippen molar-refractivity contribution in [3.8, 4) is 0 Å². The van der Waals surface area contributed by atoms with Gasteiger partial charge in [-0.25, -0.2) is 4.98 Å². The van der Waals surface area contributed by atoms with Crippen molar-refractivity contribution in [3.05, 3.63) is 71.3 Å². The topological polar surface area (TPSA) is 42.9 Å². The number of halogens is 1. The van der Waals surface area contributed by atoms with E-state index < -0.39 is 0 Å². The van der Waals surface area contributed by atoms with Gasteiger partial charge in [0.1, 0.15) is 5.15 Å². The fourth-order valence-corrected chi connectivity index (χ4v) is 2.18. The summed E-state index contributed by atoms with van der Waals surface area (Å²) >= 11 is 5.82. The number of pyridine rings is 2. The number of aromatic nitrogens is 2. The third-order valence-electron chi connectivity index (χ3n) is 2.92.